The molecular formula is C54H41N3. The molecule has 3 heteroatoms. The average Bonchev–Trinajstić information content (AvgIpc) is 3.70. The van der Waals surface area contributed by atoms with E-state index in [0.29, 0.717) is 0 Å². The van der Waals surface area contributed by atoms with Crippen molar-refractivity contribution < 1.29 is 0 Å². The molecule has 0 aromatic heterocycles. The van der Waals surface area contributed by atoms with Crippen LogP contribution in [0.2, 0.25) is 0 Å². The molecule has 0 saturated heterocycles. The number of nitrogens with one attached hydrogen (secondary N) is 2. The van der Waals surface area contributed by atoms with Gasteiger partial charge in [0.05, 0.1) is 5.70 Å². The van der Waals surface area contributed by atoms with Crippen LogP contribution in [0.1, 0.15) is 17.3 Å². The Morgan fingerprint density at radius 3 is 1.33 bits per heavy atom. The number of hydrogen-bond acceptors (Lipinski definition) is 3. The zero-order valence-corrected chi connectivity index (χ0v) is 31.5. The van der Waals surface area contributed by atoms with Crippen molar-refractivity contribution in [2.45, 2.75) is 6.17 Å². The second-order valence-electron chi connectivity index (χ2n) is 14.6. The van der Waals surface area contributed by atoms with Gasteiger partial charge >= 0.3 is 0 Å². The van der Waals surface area contributed by atoms with Crippen LogP contribution in [-0.4, -0.2) is 6.54 Å². The van der Waals surface area contributed by atoms with Crippen molar-refractivity contribution in [3.05, 3.63) is 241 Å². The molecule has 0 saturated carbocycles. The number of dihydropyridines is 1. The third-order valence-corrected chi connectivity index (χ3v) is 11.1. The predicted octanol–water partition coefficient (Wildman–Crippen LogP) is 13.0. The lowest BCUT2D eigenvalue weighted by Gasteiger charge is -2.30. The van der Waals surface area contributed by atoms with E-state index in [1.54, 1.807) is 0 Å². The van der Waals surface area contributed by atoms with E-state index in [0.717, 1.165) is 23.8 Å². The quantitative estimate of drug-likeness (QED) is 0.163. The lowest BCUT2D eigenvalue weighted by atomic mass is 9.91. The van der Waals surface area contributed by atoms with Crippen LogP contribution in [-0.2, 0) is 0 Å². The van der Waals surface area contributed by atoms with Crippen LogP contribution in [0.5, 0.6) is 0 Å². The third-order valence-electron chi connectivity index (χ3n) is 11.1. The topological polar surface area (TPSA) is 27.3 Å². The third kappa shape index (κ3) is 6.70. The standard InChI is InChI=1S/C54H41N3/c1-5-15-38(16-6-1)40-25-29-42(30-26-40)45-35-46(43-31-27-41(28-32-43)39-17-7-2-8-18-39)37-47(36-45)53-56-52-51(33-34-55-54(52)57(53)48-21-11-4-12-22-48)50-24-14-13-23-49(50)44-19-9-3-10-20-44/h1-33,35-37,53,55-56H,34H2. The zero-order valence-electron chi connectivity index (χ0n) is 31.5. The molecule has 1 unspecified atom stereocenters. The van der Waals surface area contributed by atoms with Crippen LogP contribution in [0.25, 0.3) is 61.2 Å². The molecule has 1 atom stereocenters. The lowest BCUT2D eigenvalue weighted by molar-refractivity contribution is 0.643. The largest absolute Gasteiger partial charge is 0.366 e. The Labute approximate surface area is 334 Å². The fraction of sp³-hybridized carbons (Fsp3) is 0.0370. The Bertz CT molecular complexity index is 2620. The molecule has 3 nitrogen and oxygen atoms in total. The number of para-hydroxylation sites is 1. The molecule has 10 rings (SSSR count). The molecule has 0 bridgehead atoms. The van der Waals surface area contributed by atoms with Gasteiger partial charge in [-0.1, -0.05) is 188 Å². The minimum atomic E-state index is -0.179. The maximum absolute atomic E-state index is 4.08. The first kappa shape index (κ1) is 34.2. The Morgan fingerprint density at radius 2 is 0.807 bits per heavy atom. The first-order valence-corrected chi connectivity index (χ1v) is 19.7. The molecule has 2 heterocycles. The summed E-state index contributed by atoms with van der Waals surface area (Å²) in [4.78, 5) is 2.44. The van der Waals surface area contributed by atoms with Crippen molar-refractivity contribution >= 4 is 11.3 Å². The highest BCUT2D eigenvalue weighted by atomic mass is 15.4. The van der Waals surface area contributed by atoms with E-state index < -0.39 is 0 Å². The first-order valence-electron chi connectivity index (χ1n) is 19.7. The number of benzene rings is 8. The smallest absolute Gasteiger partial charge is 0.133 e. The van der Waals surface area contributed by atoms with Gasteiger partial charge in [0.2, 0.25) is 0 Å². The summed E-state index contributed by atoms with van der Waals surface area (Å²) in [6.45, 7) is 0.724. The molecule has 0 spiro atoms. The minimum absolute atomic E-state index is 0.179. The highest BCUT2D eigenvalue weighted by Crippen LogP contribution is 2.44. The van der Waals surface area contributed by atoms with Gasteiger partial charge in [0.1, 0.15) is 12.0 Å². The average molecular weight is 732 g/mol. The molecule has 2 aliphatic rings. The van der Waals surface area contributed by atoms with Crippen LogP contribution in [0.4, 0.5) is 5.69 Å². The minimum Gasteiger partial charge on any atom is -0.366 e. The van der Waals surface area contributed by atoms with Crippen molar-refractivity contribution in [2.75, 3.05) is 11.4 Å². The maximum atomic E-state index is 4.08. The highest BCUT2D eigenvalue weighted by Gasteiger charge is 2.37. The number of hydrogen-bond donors (Lipinski definition) is 2. The van der Waals surface area contributed by atoms with Crippen LogP contribution in [0, 0.1) is 0 Å². The van der Waals surface area contributed by atoms with Gasteiger partial charge in [0, 0.05) is 17.8 Å². The number of nitrogens with zero attached hydrogens (tertiary/aromatic N) is 1. The molecule has 8 aromatic carbocycles. The highest BCUT2D eigenvalue weighted by molar-refractivity contribution is 5.91. The van der Waals surface area contributed by atoms with E-state index in [1.807, 2.05) is 0 Å². The molecule has 0 amide bonds. The van der Waals surface area contributed by atoms with Crippen LogP contribution in [0.15, 0.2) is 230 Å². The van der Waals surface area contributed by atoms with Gasteiger partial charge in [-0.15, -0.1) is 0 Å². The molecular weight excluding hydrogens is 691 g/mol. The van der Waals surface area contributed by atoms with Crippen LogP contribution in [0.3, 0.4) is 0 Å². The van der Waals surface area contributed by atoms with Crippen molar-refractivity contribution in [3.8, 4) is 55.6 Å². The molecule has 2 aliphatic heterocycles. The summed E-state index contributed by atoms with van der Waals surface area (Å²) in [5.74, 6) is 1.08. The van der Waals surface area contributed by atoms with E-state index in [9.17, 15) is 0 Å². The van der Waals surface area contributed by atoms with Gasteiger partial charge in [-0.25, -0.2) is 0 Å². The van der Waals surface area contributed by atoms with E-state index >= 15 is 0 Å². The maximum Gasteiger partial charge on any atom is 0.133 e. The summed E-state index contributed by atoms with van der Waals surface area (Å²) < 4.78 is 0. The summed E-state index contributed by atoms with van der Waals surface area (Å²) in [5, 5.41) is 7.87. The molecule has 0 aliphatic carbocycles. The van der Waals surface area contributed by atoms with E-state index in [-0.39, 0.29) is 6.17 Å². The second-order valence-corrected chi connectivity index (χ2v) is 14.6. The van der Waals surface area contributed by atoms with Crippen molar-refractivity contribution in [2.24, 2.45) is 0 Å². The molecule has 2 N–H and O–H groups in total. The number of rotatable bonds is 8. The van der Waals surface area contributed by atoms with Gasteiger partial charge < -0.3 is 15.5 Å². The van der Waals surface area contributed by atoms with Gasteiger partial charge in [0.15, 0.2) is 0 Å². The number of allylic oxidation sites excluding steroid dienone is 1. The molecule has 0 fully saturated rings. The predicted molar refractivity (Wildman–Crippen MR) is 238 cm³/mol. The van der Waals surface area contributed by atoms with Crippen LogP contribution < -0.4 is 15.5 Å². The summed E-state index contributed by atoms with van der Waals surface area (Å²) in [7, 11) is 0. The number of anilines is 1. The Kier molecular flexibility index (Phi) is 9.02. The first-order chi connectivity index (χ1) is 28.3. The van der Waals surface area contributed by atoms with Gasteiger partial charge in [-0.2, -0.15) is 0 Å². The normalized spacial score (nSPS) is 14.7. The van der Waals surface area contributed by atoms with Crippen molar-refractivity contribution in [1.82, 2.24) is 10.6 Å². The second kappa shape index (κ2) is 15.1. The Hall–Kier alpha value is -7.36. The molecule has 8 aromatic rings. The lowest BCUT2D eigenvalue weighted by Crippen LogP contribution is -2.34. The molecule has 272 valence electrons. The van der Waals surface area contributed by atoms with Crippen molar-refractivity contribution in [1.29, 1.82) is 0 Å². The van der Waals surface area contributed by atoms with E-state index in [4.69, 9.17) is 0 Å². The fourth-order valence-electron chi connectivity index (χ4n) is 8.30. The molecule has 57 heavy (non-hydrogen) atoms. The van der Waals surface area contributed by atoms with Gasteiger partial charge in [-0.05, 0) is 97.1 Å². The SMILES string of the molecule is C1=C(c2ccccc2-c2ccccc2)C2=C(NC1)N(c1ccccc1)C(c1cc(-c3ccc(-c4ccccc4)cc3)cc(-c3ccc(-c4ccccc4)cc3)c1)N2. The summed E-state index contributed by atoms with van der Waals surface area (Å²) in [6.07, 6.45) is 2.14. The summed E-state index contributed by atoms with van der Waals surface area (Å²) >= 11 is 0. The molecule has 0 radical (unpaired) electrons. The van der Waals surface area contributed by atoms with Gasteiger partial charge in [-0.3, -0.25) is 0 Å². The zero-order chi connectivity index (χ0) is 38.0. The summed E-state index contributed by atoms with van der Waals surface area (Å²) in [6, 6.07) is 76.5. The Balaban J connectivity index is 1.10. The van der Waals surface area contributed by atoms with Crippen molar-refractivity contribution in [3.63, 3.8) is 0 Å². The summed E-state index contributed by atoms with van der Waals surface area (Å²) in [5.41, 5.74) is 17.8. The Morgan fingerprint density at radius 1 is 0.386 bits per heavy atom. The van der Waals surface area contributed by atoms with Crippen LogP contribution >= 0.6 is 0 Å². The van der Waals surface area contributed by atoms with Gasteiger partial charge in [0.25, 0.3) is 0 Å². The van der Waals surface area contributed by atoms with E-state index in [2.05, 4.69) is 234 Å². The fourth-order valence-corrected chi connectivity index (χ4v) is 8.30. The van der Waals surface area contributed by atoms with E-state index in [1.165, 1.54) is 72.3 Å². The monoisotopic (exact) mass is 731 g/mol.